The Morgan fingerprint density at radius 3 is 2.95 bits per heavy atom. The van der Waals surface area contributed by atoms with Crippen LogP contribution < -0.4 is 16.6 Å². The normalized spacial score (nSPS) is 10.6. The molecule has 1 aromatic carbocycles. The number of carbonyl (C=O) groups excluding carboxylic acids is 1. The van der Waals surface area contributed by atoms with Crippen LogP contribution in [-0.2, 0) is 0 Å². The predicted octanol–water partition coefficient (Wildman–Crippen LogP) is 2.96. The minimum absolute atomic E-state index is 0.508. The van der Waals surface area contributed by atoms with Gasteiger partial charge in [-0.3, -0.25) is 5.43 Å². The lowest BCUT2D eigenvalue weighted by Gasteiger charge is -2.09. The molecule has 0 saturated carbocycles. The third-order valence-electron chi connectivity index (χ3n) is 2.28. The number of aromatic nitrogens is 1. The third kappa shape index (κ3) is 3.54. The molecule has 4 N–H and O–H groups in total. The molecule has 98 valence electrons. The molecule has 1 aromatic heterocycles. The van der Waals surface area contributed by atoms with Crippen LogP contribution in [-0.4, -0.2) is 11.0 Å². The van der Waals surface area contributed by atoms with Gasteiger partial charge < -0.3 is 5.32 Å². The second kappa shape index (κ2) is 6.33. The molecule has 2 amide bonds. The summed E-state index contributed by atoms with van der Waals surface area (Å²) in [4.78, 5) is 15.4. The Morgan fingerprint density at radius 1 is 1.42 bits per heavy atom. The highest BCUT2D eigenvalue weighted by Gasteiger charge is 2.06. The summed E-state index contributed by atoms with van der Waals surface area (Å²) in [6.07, 6.45) is 5.35. The molecule has 2 aromatic rings. The van der Waals surface area contributed by atoms with Gasteiger partial charge in [-0.25, -0.2) is 15.6 Å². The number of hydrogen-bond acceptors (Lipinski definition) is 4. The van der Waals surface area contributed by atoms with Crippen LogP contribution in [0.1, 0.15) is 10.6 Å². The largest absolute Gasteiger partial charge is 0.333 e. The fourth-order valence-corrected chi connectivity index (χ4v) is 2.21. The molecule has 0 aliphatic rings. The summed E-state index contributed by atoms with van der Waals surface area (Å²) in [5.74, 6) is 5.04. The van der Waals surface area contributed by atoms with E-state index in [9.17, 15) is 4.79 Å². The average molecular weight is 295 g/mol. The standard InChI is InChI=1S/C12H11ClN4OS/c13-9-2-1-3-10(16-12(18)17-14)8(9)4-5-11-15-6-7-19-11/h1-7H,14H2,(H2,16,17,18)/b5-4+. The van der Waals surface area contributed by atoms with Crippen LogP contribution in [0, 0.1) is 0 Å². The number of amides is 2. The fourth-order valence-electron chi connectivity index (χ4n) is 1.45. The van der Waals surface area contributed by atoms with Gasteiger partial charge in [0.15, 0.2) is 0 Å². The molecule has 0 saturated heterocycles. The van der Waals surface area contributed by atoms with Gasteiger partial charge in [0, 0.05) is 22.2 Å². The first kappa shape index (κ1) is 13.5. The average Bonchev–Trinajstić information content (AvgIpc) is 2.91. The predicted molar refractivity (Wildman–Crippen MR) is 78.8 cm³/mol. The number of halogens is 1. The minimum Gasteiger partial charge on any atom is -0.306 e. The highest BCUT2D eigenvalue weighted by atomic mass is 35.5. The summed E-state index contributed by atoms with van der Waals surface area (Å²) in [7, 11) is 0. The molecule has 0 aliphatic heterocycles. The smallest absolute Gasteiger partial charge is 0.306 e. The quantitative estimate of drug-likeness (QED) is 0.462. The van der Waals surface area contributed by atoms with E-state index >= 15 is 0 Å². The van der Waals surface area contributed by atoms with Crippen LogP contribution in [0.3, 0.4) is 0 Å². The number of nitrogens with zero attached hydrogens (tertiary/aromatic N) is 1. The Bertz CT molecular complexity index is 598. The Morgan fingerprint density at radius 2 is 2.26 bits per heavy atom. The lowest BCUT2D eigenvalue weighted by Crippen LogP contribution is -2.34. The van der Waals surface area contributed by atoms with Crippen molar-refractivity contribution in [2.45, 2.75) is 0 Å². The van der Waals surface area contributed by atoms with Crippen LogP contribution in [0.25, 0.3) is 12.2 Å². The summed E-state index contributed by atoms with van der Waals surface area (Å²) in [5.41, 5.74) is 3.27. The maximum Gasteiger partial charge on any atom is 0.333 e. The highest BCUT2D eigenvalue weighted by molar-refractivity contribution is 7.10. The third-order valence-corrected chi connectivity index (χ3v) is 3.35. The Balaban J connectivity index is 2.30. The van der Waals surface area contributed by atoms with Gasteiger partial charge in [0.25, 0.3) is 0 Å². The van der Waals surface area contributed by atoms with Crippen molar-refractivity contribution in [3.8, 4) is 0 Å². The van der Waals surface area contributed by atoms with Gasteiger partial charge in [0.1, 0.15) is 5.01 Å². The zero-order valence-corrected chi connectivity index (χ0v) is 11.3. The van der Waals surface area contributed by atoms with Gasteiger partial charge in [-0.15, -0.1) is 11.3 Å². The summed E-state index contributed by atoms with van der Waals surface area (Å²) in [6, 6.07) is 4.72. The number of nitrogens with one attached hydrogen (secondary N) is 2. The molecule has 0 aliphatic carbocycles. The van der Waals surface area contributed by atoms with Crippen molar-refractivity contribution >= 4 is 46.8 Å². The molecule has 2 rings (SSSR count). The fraction of sp³-hybridized carbons (Fsp3) is 0. The zero-order valence-electron chi connectivity index (χ0n) is 9.76. The topological polar surface area (TPSA) is 80.0 Å². The molecular formula is C12H11ClN4OS. The molecule has 1 heterocycles. The first-order valence-corrected chi connectivity index (χ1v) is 6.60. The monoisotopic (exact) mass is 294 g/mol. The van der Waals surface area contributed by atoms with Crippen molar-refractivity contribution in [3.63, 3.8) is 0 Å². The second-order valence-corrected chi connectivity index (χ2v) is 4.84. The van der Waals surface area contributed by atoms with Crippen molar-refractivity contribution in [2.75, 3.05) is 5.32 Å². The van der Waals surface area contributed by atoms with Crippen LogP contribution in [0.15, 0.2) is 29.8 Å². The summed E-state index contributed by atoms with van der Waals surface area (Å²) < 4.78 is 0. The van der Waals surface area contributed by atoms with Crippen LogP contribution >= 0.6 is 22.9 Å². The summed E-state index contributed by atoms with van der Waals surface area (Å²) >= 11 is 7.64. The van der Waals surface area contributed by atoms with E-state index in [-0.39, 0.29) is 0 Å². The van der Waals surface area contributed by atoms with Crippen molar-refractivity contribution in [2.24, 2.45) is 5.84 Å². The molecule has 7 heteroatoms. The molecule has 0 radical (unpaired) electrons. The van der Waals surface area contributed by atoms with E-state index in [0.717, 1.165) is 5.01 Å². The molecule has 0 fully saturated rings. The van der Waals surface area contributed by atoms with E-state index < -0.39 is 6.03 Å². The maximum atomic E-state index is 11.3. The van der Waals surface area contributed by atoms with E-state index in [1.807, 2.05) is 16.9 Å². The van der Waals surface area contributed by atoms with E-state index in [2.05, 4.69) is 10.3 Å². The number of anilines is 1. The Labute approximate surface area is 119 Å². The number of urea groups is 1. The first-order valence-electron chi connectivity index (χ1n) is 5.34. The molecule has 0 bridgehead atoms. The van der Waals surface area contributed by atoms with E-state index in [1.165, 1.54) is 11.3 Å². The number of hydrogen-bond donors (Lipinski definition) is 3. The van der Waals surface area contributed by atoms with Crippen molar-refractivity contribution in [1.82, 2.24) is 10.4 Å². The lowest BCUT2D eigenvalue weighted by atomic mass is 10.1. The zero-order chi connectivity index (χ0) is 13.7. The van der Waals surface area contributed by atoms with E-state index in [0.29, 0.717) is 16.3 Å². The molecule has 19 heavy (non-hydrogen) atoms. The number of benzene rings is 1. The number of hydrazine groups is 1. The van der Waals surface area contributed by atoms with Crippen molar-refractivity contribution < 1.29 is 4.79 Å². The van der Waals surface area contributed by atoms with Crippen LogP contribution in [0.2, 0.25) is 5.02 Å². The van der Waals surface area contributed by atoms with E-state index in [1.54, 1.807) is 30.5 Å². The molecule has 0 unspecified atom stereocenters. The van der Waals surface area contributed by atoms with Gasteiger partial charge in [0.2, 0.25) is 0 Å². The Kier molecular flexibility index (Phi) is 4.51. The van der Waals surface area contributed by atoms with Crippen molar-refractivity contribution in [3.05, 3.63) is 45.4 Å². The van der Waals surface area contributed by atoms with Crippen LogP contribution in [0.5, 0.6) is 0 Å². The highest BCUT2D eigenvalue weighted by Crippen LogP contribution is 2.26. The molecule has 0 spiro atoms. The number of rotatable bonds is 3. The van der Waals surface area contributed by atoms with Gasteiger partial charge >= 0.3 is 6.03 Å². The van der Waals surface area contributed by atoms with Gasteiger partial charge in [-0.2, -0.15) is 0 Å². The SMILES string of the molecule is NNC(=O)Nc1cccc(Cl)c1/C=C/c1nccs1. The number of thiazole rings is 1. The summed E-state index contributed by atoms with van der Waals surface area (Å²) in [5, 5.41) is 5.87. The number of carbonyl (C=O) groups is 1. The van der Waals surface area contributed by atoms with Gasteiger partial charge in [-0.05, 0) is 24.3 Å². The minimum atomic E-state index is -0.508. The van der Waals surface area contributed by atoms with Crippen molar-refractivity contribution in [1.29, 1.82) is 0 Å². The summed E-state index contributed by atoms with van der Waals surface area (Å²) in [6.45, 7) is 0. The van der Waals surface area contributed by atoms with Gasteiger partial charge in [-0.1, -0.05) is 17.7 Å². The second-order valence-electron chi connectivity index (χ2n) is 3.50. The van der Waals surface area contributed by atoms with E-state index in [4.69, 9.17) is 17.4 Å². The lowest BCUT2D eigenvalue weighted by molar-refractivity contribution is 0.252. The van der Waals surface area contributed by atoms with Crippen LogP contribution in [0.4, 0.5) is 10.5 Å². The number of nitrogens with two attached hydrogens (primary N) is 1. The molecule has 5 nitrogen and oxygen atoms in total. The first-order chi connectivity index (χ1) is 9.20. The molecule has 0 atom stereocenters. The van der Waals surface area contributed by atoms with Gasteiger partial charge in [0.05, 0.1) is 5.69 Å². The Hall–Kier alpha value is -1.89. The molecular weight excluding hydrogens is 284 g/mol. The maximum absolute atomic E-state index is 11.3.